The molecule has 32 heavy (non-hydrogen) atoms. The van der Waals surface area contributed by atoms with Gasteiger partial charge in [-0.05, 0) is 18.2 Å². The fourth-order valence-electron chi connectivity index (χ4n) is 3.45. The summed E-state index contributed by atoms with van der Waals surface area (Å²) < 4.78 is 32.9. The third-order valence-corrected chi connectivity index (χ3v) is 4.95. The lowest BCUT2D eigenvalue weighted by molar-refractivity contribution is 0.102. The van der Waals surface area contributed by atoms with Crippen LogP contribution >= 0.6 is 0 Å². The number of aromatic nitrogens is 7. The average molecular weight is 434 g/mol. The summed E-state index contributed by atoms with van der Waals surface area (Å²) in [5, 5.41) is 18.3. The molecule has 0 saturated carbocycles. The van der Waals surface area contributed by atoms with Gasteiger partial charge in [0.05, 0.1) is 40.9 Å². The first-order chi connectivity index (χ1) is 15.4. The highest BCUT2D eigenvalue weighted by Crippen LogP contribution is 2.32. The van der Waals surface area contributed by atoms with Gasteiger partial charge in [-0.25, -0.2) is 8.78 Å². The summed E-state index contributed by atoms with van der Waals surface area (Å²) in [4.78, 5) is 16.4. The molecular weight excluding hydrogens is 418 g/mol. The van der Waals surface area contributed by atoms with E-state index in [0.29, 0.717) is 16.6 Å². The third kappa shape index (κ3) is 3.39. The number of anilines is 1. The zero-order valence-corrected chi connectivity index (χ0v) is 17.0. The van der Waals surface area contributed by atoms with Gasteiger partial charge in [0.1, 0.15) is 17.3 Å². The molecule has 1 amide bonds. The maximum atomic E-state index is 14.9. The van der Waals surface area contributed by atoms with Crippen LogP contribution in [0.25, 0.3) is 33.4 Å². The maximum absolute atomic E-state index is 14.9. The fourth-order valence-corrected chi connectivity index (χ4v) is 3.45. The molecule has 0 aliphatic rings. The smallest absolute Gasteiger partial charge is 0.258 e. The second kappa shape index (κ2) is 7.38. The van der Waals surface area contributed by atoms with Crippen LogP contribution in [0.5, 0.6) is 0 Å². The van der Waals surface area contributed by atoms with Gasteiger partial charge in [-0.1, -0.05) is 0 Å². The molecule has 0 aliphatic carbocycles. The van der Waals surface area contributed by atoms with Crippen LogP contribution in [0.3, 0.4) is 0 Å². The van der Waals surface area contributed by atoms with E-state index in [1.54, 1.807) is 37.2 Å². The van der Waals surface area contributed by atoms with Crippen molar-refractivity contribution in [3.8, 4) is 22.5 Å². The highest BCUT2D eigenvalue weighted by Gasteiger charge is 2.19. The molecule has 160 valence electrons. The molecule has 0 atom stereocenters. The molecule has 0 radical (unpaired) electrons. The van der Waals surface area contributed by atoms with Crippen molar-refractivity contribution in [2.24, 2.45) is 14.1 Å². The second-order valence-corrected chi connectivity index (χ2v) is 7.26. The summed E-state index contributed by atoms with van der Waals surface area (Å²) in [6, 6.07) is 3.67. The second-order valence-electron chi connectivity index (χ2n) is 7.26. The SMILES string of the molecule is Cn1cc(C(=O)Nc2cc(F)c(-c3cc4c(-c5cnn(C)c5)n[nH]c4cn3)c(F)c2)cn1. The number of H-pyrrole nitrogens is 1. The Balaban J connectivity index is 1.51. The molecule has 9 nitrogen and oxygen atoms in total. The normalized spacial score (nSPS) is 11.2. The zero-order valence-electron chi connectivity index (χ0n) is 17.0. The molecule has 1 aromatic carbocycles. The molecule has 5 rings (SSSR count). The molecule has 0 fully saturated rings. The Hall–Kier alpha value is -4.41. The van der Waals surface area contributed by atoms with Crippen LogP contribution in [0.4, 0.5) is 14.5 Å². The van der Waals surface area contributed by atoms with Crippen molar-refractivity contribution in [2.45, 2.75) is 0 Å². The molecule has 0 unspecified atom stereocenters. The molecular formula is C21H16F2N8O. The predicted molar refractivity (Wildman–Crippen MR) is 113 cm³/mol. The third-order valence-electron chi connectivity index (χ3n) is 4.95. The first-order valence-electron chi connectivity index (χ1n) is 9.51. The molecule has 11 heteroatoms. The Labute approximate surface area is 179 Å². The van der Waals surface area contributed by atoms with E-state index >= 15 is 0 Å². The van der Waals surface area contributed by atoms with E-state index in [9.17, 15) is 13.6 Å². The number of pyridine rings is 1. The predicted octanol–water partition coefficient (Wildman–Crippen LogP) is 3.29. The Morgan fingerprint density at radius 1 is 1.00 bits per heavy atom. The van der Waals surface area contributed by atoms with Gasteiger partial charge in [0.15, 0.2) is 0 Å². The Bertz CT molecular complexity index is 1460. The van der Waals surface area contributed by atoms with Crippen molar-refractivity contribution in [1.29, 1.82) is 0 Å². The lowest BCUT2D eigenvalue weighted by Gasteiger charge is -2.09. The van der Waals surface area contributed by atoms with Crippen molar-refractivity contribution in [2.75, 3.05) is 5.32 Å². The van der Waals surface area contributed by atoms with Gasteiger partial charge in [0.2, 0.25) is 0 Å². The molecule has 0 bridgehead atoms. The number of aromatic amines is 1. The number of aryl methyl sites for hydroxylation is 2. The number of carbonyl (C=O) groups is 1. The van der Waals surface area contributed by atoms with E-state index < -0.39 is 17.5 Å². The number of nitrogens with zero attached hydrogens (tertiary/aromatic N) is 6. The first-order valence-corrected chi connectivity index (χ1v) is 9.51. The highest BCUT2D eigenvalue weighted by atomic mass is 19.1. The van der Waals surface area contributed by atoms with Crippen LogP contribution in [-0.2, 0) is 14.1 Å². The number of carbonyl (C=O) groups excluding carboxylic acids is 1. The van der Waals surface area contributed by atoms with E-state index in [1.807, 2.05) is 0 Å². The Morgan fingerprint density at radius 3 is 2.38 bits per heavy atom. The number of benzene rings is 1. The summed E-state index contributed by atoms with van der Waals surface area (Å²) in [7, 11) is 3.44. The van der Waals surface area contributed by atoms with Crippen LogP contribution in [0.2, 0.25) is 0 Å². The number of nitrogens with one attached hydrogen (secondary N) is 2. The Morgan fingerprint density at radius 2 is 1.72 bits per heavy atom. The average Bonchev–Trinajstić information content (AvgIpc) is 3.46. The number of hydrogen-bond donors (Lipinski definition) is 2. The van der Waals surface area contributed by atoms with Gasteiger partial charge >= 0.3 is 0 Å². The largest absolute Gasteiger partial charge is 0.322 e. The topological polar surface area (TPSA) is 106 Å². The zero-order chi connectivity index (χ0) is 22.4. The van der Waals surface area contributed by atoms with E-state index in [2.05, 4.69) is 30.7 Å². The highest BCUT2D eigenvalue weighted by molar-refractivity contribution is 6.04. The quantitative estimate of drug-likeness (QED) is 0.452. The Kier molecular flexibility index (Phi) is 4.51. The summed E-state index contributed by atoms with van der Waals surface area (Å²) in [5.41, 5.74) is 2.02. The summed E-state index contributed by atoms with van der Waals surface area (Å²) in [6.45, 7) is 0. The minimum atomic E-state index is -0.857. The number of rotatable bonds is 4. The van der Waals surface area contributed by atoms with E-state index in [0.717, 1.165) is 17.7 Å². The number of hydrogen-bond acceptors (Lipinski definition) is 5. The van der Waals surface area contributed by atoms with Crippen LogP contribution in [0, 0.1) is 11.6 Å². The molecule has 0 saturated heterocycles. The molecule has 0 spiro atoms. The molecule has 5 aromatic rings. The van der Waals surface area contributed by atoms with Crippen LogP contribution in [-0.4, -0.2) is 40.6 Å². The van der Waals surface area contributed by atoms with Crippen molar-refractivity contribution < 1.29 is 13.6 Å². The summed E-state index contributed by atoms with van der Waals surface area (Å²) >= 11 is 0. The fraction of sp³-hybridized carbons (Fsp3) is 0.0952. The van der Waals surface area contributed by atoms with E-state index in [-0.39, 0.29) is 22.5 Å². The van der Waals surface area contributed by atoms with Gasteiger partial charge in [-0.15, -0.1) is 0 Å². The van der Waals surface area contributed by atoms with E-state index in [1.165, 1.54) is 23.3 Å². The summed E-state index contributed by atoms with van der Waals surface area (Å²) in [5.74, 6) is -2.24. The monoisotopic (exact) mass is 434 g/mol. The minimum absolute atomic E-state index is 0.0157. The lowest BCUT2D eigenvalue weighted by Crippen LogP contribution is -2.12. The maximum Gasteiger partial charge on any atom is 0.258 e. The van der Waals surface area contributed by atoms with Gasteiger partial charge in [-0.2, -0.15) is 15.3 Å². The van der Waals surface area contributed by atoms with Crippen molar-refractivity contribution in [1.82, 2.24) is 34.7 Å². The standard InChI is InChI=1S/C21H16F2N8O/c1-30-9-11(6-25-30)20-14-5-17(24-8-18(14)28-29-20)19-15(22)3-13(4-16(19)23)27-21(32)12-7-26-31(2)10-12/h3-10H,1-2H3,(H,27,32)(H,28,29). The molecule has 0 aliphatic heterocycles. The molecule has 4 heterocycles. The van der Waals surface area contributed by atoms with Gasteiger partial charge in [0, 0.05) is 43.1 Å². The molecule has 4 aromatic heterocycles. The van der Waals surface area contributed by atoms with Crippen LogP contribution < -0.4 is 5.32 Å². The summed E-state index contributed by atoms with van der Waals surface area (Å²) in [6.07, 6.45) is 7.77. The van der Waals surface area contributed by atoms with Crippen molar-refractivity contribution in [3.63, 3.8) is 0 Å². The minimum Gasteiger partial charge on any atom is -0.322 e. The lowest BCUT2D eigenvalue weighted by atomic mass is 10.1. The van der Waals surface area contributed by atoms with Gasteiger partial charge < -0.3 is 5.32 Å². The van der Waals surface area contributed by atoms with Gasteiger partial charge in [0.25, 0.3) is 5.91 Å². The van der Waals surface area contributed by atoms with Crippen LogP contribution in [0.15, 0.2) is 49.2 Å². The number of halogens is 2. The number of amides is 1. The van der Waals surface area contributed by atoms with Crippen molar-refractivity contribution in [3.05, 3.63) is 66.4 Å². The molecule has 2 N–H and O–H groups in total. The van der Waals surface area contributed by atoms with Gasteiger partial charge in [-0.3, -0.25) is 24.2 Å². The van der Waals surface area contributed by atoms with Crippen molar-refractivity contribution >= 4 is 22.5 Å². The van der Waals surface area contributed by atoms with E-state index in [4.69, 9.17) is 0 Å². The first kappa shape index (κ1) is 19.5. The number of fused-ring (bicyclic) bond motifs is 1. The van der Waals surface area contributed by atoms with Crippen LogP contribution in [0.1, 0.15) is 10.4 Å².